The third-order valence-electron chi connectivity index (χ3n) is 5.30. The van der Waals surface area contributed by atoms with Gasteiger partial charge in [0.1, 0.15) is 12.6 Å². The van der Waals surface area contributed by atoms with Gasteiger partial charge in [0.05, 0.1) is 17.2 Å². The van der Waals surface area contributed by atoms with Gasteiger partial charge in [-0.25, -0.2) is 0 Å². The lowest BCUT2D eigenvalue weighted by Gasteiger charge is -2.12. The number of benzene rings is 2. The van der Waals surface area contributed by atoms with E-state index in [1.807, 2.05) is 6.07 Å². The zero-order valence-electron chi connectivity index (χ0n) is 16.3. The van der Waals surface area contributed by atoms with Crippen LogP contribution >= 0.6 is 0 Å². The van der Waals surface area contributed by atoms with Crippen LogP contribution in [0.25, 0.3) is 33.0 Å². The fraction of sp³-hybridized carbons (Fsp3) is 0.292. The maximum Gasteiger partial charge on any atom is 0.220 e. The predicted octanol–water partition coefficient (Wildman–Crippen LogP) is 5.89. The van der Waals surface area contributed by atoms with Crippen LogP contribution in [0.2, 0.25) is 0 Å². The van der Waals surface area contributed by atoms with Crippen LogP contribution in [0.15, 0.2) is 53.1 Å². The maximum atomic E-state index is 5.67. The van der Waals surface area contributed by atoms with Crippen LogP contribution in [0, 0.1) is 19.8 Å². The second kappa shape index (κ2) is 6.28. The molecule has 2 heterocycles. The van der Waals surface area contributed by atoms with Gasteiger partial charge in [0.25, 0.3) is 0 Å². The van der Waals surface area contributed by atoms with E-state index in [1.54, 1.807) is 6.26 Å². The van der Waals surface area contributed by atoms with Gasteiger partial charge in [-0.1, -0.05) is 26.0 Å². The van der Waals surface area contributed by atoms with E-state index in [-0.39, 0.29) is 0 Å². The summed E-state index contributed by atoms with van der Waals surface area (Å²) in [7, 11) is 2.15. The van der Waals surface area contributed by atoms with Crippen LogP contribution < -0.4 is 4.57 Å². The highest BCUT2D eigenvalue weighted by atomic mass is 16.3. The van der Waals surface area contributed by atoms with Crippen molar-refractivity contribution in [1.29, 1.82) is 0 Å². The highest BCUT2D eigenvalue weighted by molar-refractivity contribution is 5.96. The zero-order valence-corrected chi connectivity index (χ0v) is 16.3. The average Bonchev–Trinajstić information content (AvgIpc) is 3.02. The largest absolute Gasteiger partial charge is 0.464 e. The molecule has 0 bridgehead atoms. The minimum absolute atomic E-state index is 0.663. The molecule has 4 rings (SSSR count). The van der Waals surface area contributed by atoms with Gasteiger partial charge in [-0.05, 0) is 60.0 Å². The lowest BCUT2D eigenvalue weighted by atomic mass is 9.95. The Morgan fingerprint density at radius 1 is 0.962 bits per heavy atom. The third kappa shape index (κ3) is 2.80. The Labute approximate surface area is 155 Å². The number of rotatable bonds is 3. The Bertz CT molecular complexity index is 1120. The summed E-state index contributed by atoms with van der Waals surface area (Å²) in [5.41, 5.74) is 7.37. The second-order valence-electron chi connectivity index (χ2n) is 7.84. The van der Waals surface area contributed by atoms with Crippen LogP contribution in [-0.4, -0.2) is 0 Å². The number of fused-ring (bicyclic) bond motifs is 2. The van der Waals surface area contributed by atoms with Crippen molar-refractivity contribution in [2.24, 2.45) is 13.0 Å². The van der Waals surface area contributed by atoms with Crippen LogP contribution in [0.4, 0.5) is 0 Å². The molecule has 0 saturated carbocycles. The standard InChI is InChI=1S/C24H26NO/c1-15(2)10-18-6-7-21-20(13-18)12-17(4)25(5)24(21)22-14-23-19(8-9-26-23)11-16(22)3/h6-9,11-15H,10H2,1-5H3/q+1. The lowest BCUT2D eigenvalue weighted by Crippen LogP contribution is -2.35. The normalized spacial score (nSPS) is 11.8. The molecule has 132 valence electrons. The van der Waals surface area contributed by atoms with Gasteiger partial charge in [-0.15, -0.1) is 0 Å². The van der Waals surface area contributed by atoms with Crippen molar-refractivity contribution in [2.75, 3.05) is 0 Å². The first-order valence-corrected chi connectivity index (χ1v) is 9.34. The summed E-state index contributed by atoms with van der Waals surface area (Å²) >= 11 is 0. The Hall–Kier alpha value is -2.61. The van der Waals surface area contributed by atoms with E-state index in [0.717, 1.165) is 17.4 Å². The van der Waals surface area contributed by atoms with Crippen LogP contribution in [0.5, 0.6) is 0 Å². The Morgan fingerprint density at radius 2 is 1.77 bits per heavy atom. The molecule has 0 radical (unpaired) electrons. The van der Waals surface area contributed by atoms with E-state index in [0.29, 0.717) is 5.92 Å². The predicted molar refractivity (Wildman–Crippen MR) is 108 cm³/mol. The van der Waals surface area contributed by atoms with Gasteiger partial charge in [-0.3, -0.25) is 0 Å². The average molecular weight is 344 g/mol. The summed E-state index contributed by atoms with van der Waals surface area (Å²) < 4.78 is 7.96. The number of aromatic nitrogens is 1. The van der Waals surface area contributed by atoms with Gasteiger partial charge in [0, 0.05) is 18.4 Å². The number of hydrogen-bond acceptors (Lipinski definition) is 1. The molecule has 0 aliphatic carbocycles. The minimum Gasteiger partial charge on any atom is -0.464 e. The Morgan fingerprint density at radius 3 is 2.54 bits per heavy atom. The van der Waals surface area contributed by atoms with E-state index in [1.165, 1.54) is 38.9 Å². The van der Waals surface area contributed by atoms with Crippen LogP contribution in [-0.2, 0) is 13.5 Å². The van der Waals surface area contributed by atoms with Crippen LogP contribution in [0.1, 0.15) is 30.7 Å². The van der Waals surface area contributed by atoms with Crippen molar-refractivity contribution < 1.29 is 8.98 Å². The molecular formula is C24H26NO+. The number of furan rings is 1. The monoisotopic (exact) mass is 344 g/mol. The summed E-state index contributed by atoms with van der Waals surface area (Å²) in [6.45, 7) is 8.91. The molecule has 0 aliphatic rings. The molecule has 2 aromatic heterocycles. The topological polar surface area (TPSA) is 17.0 Å². The van der Waals surface area contributed by atoms with Gasteiger partial charge < -0.3 is 4.42 Å². The number of aryl methyl sites for hydroxylation is 2. The minimum atomic E-state index is 0.663. The van der Waals surface area contributed by atoms with Gasteiger partial charge in [0.2, 0.25) is 5.69 Å². The summed E-state index contributed by atoms with van der Waals surface area (Å²) in [5.74, 6) is 0.663. The van der Waals surface area contributed by atoms with E-state index in [9.17, 15) is 0 Å². The summed E-state index contributed by atoms with van der Waals surface area (Å²) in [6.07, 6.45) is 2.88. The Balaban J connectivity index is 2.00. The maximum absolute atomic E-state index is 5.67. The second-order valence-corrected chi connectivity index (χ2v) is 7.84. The summed E-state index contributed by atoms with van der Waals surface area (Å²) in [6, 6.07) is 15.6. The molecule has 0 N–H and O–H groups in total. The first-order chi connectivity index (χ1) is 12.4. The van der Waals surface area contributed by atoms with Crippen molar-refractivity contribution in [3.8, 4) is 11.3 Å². The van der Waals surface area contributed by atoms with Gasteiger partial charge in [0.15, 0.2) is 5.69 Å². The zero-order chi connectivity index (χ0) is 18.4. The molecule has 2 aromatic carbocycles. The lowest BCUT2D eigenvalue weighted by molar-refractivity contribution is -0.665. The van der Waals surface area contributed by atoms with Crippen molar-refractivity contribution in [3.05, 3.63) is 65.5 Å². The van der Waals surface area contributed by atoms with E-state index < -0.39 is 0 Å². The van der Waals surface area contributed by atoms with Gasteiger partial charge in [-0.2, -0.15) is 4.57 Å². The molecule has 0 atom stereocenters. The van der Waals surface area contributed by atoms with Gasteiger partial charge >= 0.3 is 0 Å². The SMILES string of the molecule is Cc1cc2ccoc2cc1-c1c2ccc(CC(C)C)cc2cc(C)[n+]1C. The van der Waals surface area contributed by atoms with Crippen molar-refractivity contribution >= 4 is 21.7 Å². The number of pyridine rings is 1. The summed E-state index contributed by atoms with van der Waals surface area (Å²) in [4.78, 5) is 0. The van der Waals surface area contributed by atoms with E-state index in [2.05, 4.69) is 75.7 Å². The van der Waals surface area contributed by atoms with Crippen molar-refractivity contribution in [1.82, 2.24) is 0 Å². The van der Waals surface area contributed by atoms with E-state index >= 15 is 0 Å². The molecule has 0 spiro atoms. The molecule has 0 aliphatic heterocycles. The number of nitrogens with zero attached hydrogens (tertiary/aromatic N) is 1. The summed E-state index contributed by atoms with van der Waals surface area (Å²) in [5, 5.41) is 3.76. The molecule has 2 nitrogen and oxygen atoms in total. The van der Waals surface area contributed by atoms with Crippen molar-refractivity contribution in [2.45, 2.75) is 34.1 Å². The molecule has 0 amide bonds. The van der Waals surface area contributed by atoms with Crippen LogP contribution in [0.3, 0.4) is 0 Å². The fourth-order valence-electron chi connectivity index (χ4n) is 3.93. The van der Waals surface area contributed by atoms with E-state index in [4.69, 9.17) is 4.42 Å². The highest BCUT2D eigenvalue weighted by Crippen LogP contribution is 2.32. The molecule has 2 heteroatoms. The highest BCUT2D eigenvalue weighted by Gasteiger charge is 2.21. The molecule has 0 saturated heterocycles. The Kier molecular flexibility index (Phi) is 4.07. The molecule has 4 aromatic rings. The molecule has 0 fully saturated rings. The molecular weight excluding hydrogens is 318 g/mol. The molecule has 26 heavy (non-hydrogen) atoms. The fourth-order valence-corrected chi connectivity index (χ4v) is 3.93. The quantitative estimate of drug-likeness (QED) is 0.423. The first-order valence-electron chi connectivity index (χ1n) is 9.34. The van der Waals surface area contributed by atoms with Crippen molar-refractivity contribution in [3.63, 3.8) is 0 Å². The molecule has 0 unspecified atom stereocenters. The third-order valence-corrected chi connectivity index (χ3v) is 5.30. The smallest absolute Gasteiger partial charge is 0.220 e. The number of hydrogen-bond donors (Lipinski definition) is 0. The first kappa shape index (κ1) is 16.8.